The van der Waals surface area contributed by atoms with Crippen molar-refractivity contribution in [2.75, 3.05) is 44.3 Å². The SMILES string of the molecule is CNC(=O)CCCC1CCN(C(=O)[C@H](Cc2cccc(/C(N)=N\O)c2)CS(=O)(=O)c2cccc(NC(=O)C3CNC3)c2)CC1. The number of nitrogens with two attached hydrogens (primary N) is 1. The molecule has 2 aliphatic rings. The van der Waals surface area contributed by atoms with E-state index in [-0.39, 0.29) is 40.8 Å². The van der Waals surface area contributed by atoms with E-state index in [1.807, 2.05) is 0 Å². The van der Waals surface area contributed by atoms with E-state index in [1.54, 1.807) is 48.3 Å². The lowest BCUT2D eigenvalue weighted by atomic mass is 9.90. The molecule has 4 rings (SSSR count). The van der Waals surface area contributed by atoms with Crippen molar-refractivity contribution in [3.63, 3.8) is 0 Å². The Kier molecular flexibility index (Phi) is 11.3. The van der Waals surface area contributed by atoms with Gasteiger partial charge in [-0.05, 0) is 67.9 Å². The zero-order valence-electron chi connectivity index (χ0n) is 25.0. The van der Waals surface area contributed by atoms with Crippen molar-refractivity contribution in [2.24, 2.45) is 28.6 Å². The normalized spacial score (nSPS) is 17.0. The Balaban J connectivity index is 1.50. The number of hydrogen-bond donors (Lipinski definition) is 5. The number of nitrogens with zero attached hydrogens (tertiary/aromatic N) is 2. The molecule has 2 saturated heterocycles. The number of benzene rings is 2. The maximum Gasteiger partial charge on any atom is 0.230 e. The van der Waals surface area contributed by atoms with E-state index in [0.29, 0.717) is 55.3 Å². The number of hydrogen-bond acceptors (Lipinski definition) is 8. The molecule has 0 saturated carbocycles. The number of oxime groups is 1. The van der Waals surface area contributed by atoms with Crippen LogP contribution in [0.2, 0.25) is 0 Å². The van der Waals surface area contributed by atoms with Crippen LogP contribution in [0.3, 0.4) is 0 Å². The van der Waals surface area contributed by atoms with Crippen LogP contribution in [0.25, 0.3) is 0 Å². The highest BCUT2D eigenvalue weighted by Gasteiger charge is 2.33. The Bertz CT molecular complexity index is 1470. The second-order valence-electron chi connectivity index (χ2n) is 11.6. The minimum Gasteiger partial charge on any atom is -0.409 e. The fraction of sp³-hybridized carbons (Fsp3) is 0.484. The summed E-state index contributed by atoms with van der Waals surface area (Å²) in [5.41, 5.74) is 7.30. The molecule has 2 aromatic carbocycles. The van der Waals surface area contributed by atoms with Crippen LogP contribution in [0.15, 0.2) is 58.6 Å². The number of anilines is 1. The number of amides is 3. The molecule has 12 nitrogen and oxygen atoms in total. The minimum atomic E-state index is -3.94. The van der Waals surface area contributed by atoms with Gasteiger partial charge in [-0.2, -0.15) is 0 Å². The molecule has 0 radical (unpaired) electrons. The van der Waals surface area contributed by atoms with E-state index in [2.05, 4.69) is 21.1 Å². The van der Waals surface area contributed by atoms with Gasteiger partial charge in [-0.15, -0.1) is 0 Å². The average Bonchev–Trinajstić information content (AvgIpc) is 2.99. The van der Waals surface area contributed by atoms with Gasteiger partial charge in [0.15, 0.2) is 15.7 Å². The number of sulfone groups is 1. The highest BCUT2D eigenvalue weighted by molar-refractivity contribution is 7.91. The molecule has 0 aliphatic carbocycles. The molecule has 0 unspecified atom stereocenters. The number of likely N-dealkylation sites (tertiary alicyclic amines) is 1. The summed E-state index contributed by atoms with van der Waals surface area (Å²) in [6.07, 6.45) is 3.88. The van der Waals surface area contributed by atoms with Crippen molar-refractivity contribution < 1.29 is 28.0 Å². The van der Waals surface area contributed by atoms with Gasteiger partial charge in [0.1, 0.15) is 0 Å². The van der Waals surface area contributed by atoms with Crippen LogP contribution in [0.4, 0.5) is 5.69 Å². The first kappa shape index (κ1) is 32.9. The number of piperidine rings is 1. The van der Waals surface area contributed by atoms with Crippen LogP contribution in [0.1, 0.15) is 43.2 Å². The summed E-state index contributed by atoms with van der Waals surface area (Å²) in [6, 6.07) is 13.0. The summed E-state index contributed by atoms with van der Waals surface area (Å²) in [4.78, 5) is 39.7. The first-order chi connectivity index (χ1) is 21.1. The summed E-state index contributed by atoms with van der Waals surface area (Å²) in [7, 11) is -2.31. The van der Waals surface area contributed by atoms with Crippen molar-refractivity contribution >= 4 is 39.1 Å². The second kappa shape index (κ2) is 15.2. The van der Waals surface area contributed by atoms with Crippen molar-refractivity contribution in [3.8, 4) is 0 Å². The predicted octanol–water partition coefficient (Wildman–Crippen LogP) is 1.73. The molecule has 13 heteroatoms. The van der Waals surface area contributed by atoms with Crippen molar-refractivity contribution in [3.05, 3.63) is 59.7 Å². The molecule has 238 valence electrons. The van der Waals surface area contributed by atoms with Crippen LogP contribution in [-0.2, 0) is 30.6 Å². The third-order valence-corrected chi connectivity index (χ3v) is 10.2. The molecule has 0 bridgehead atoms. The Morgan fingerprint density at radius 2 is 1.84 bits per heavy atom. The highest BCUT2D eigenvalue weighted by Crippen LogP contribution is 2.27. The van der Waals surface area contributed by atoms with Crippen molar-refractivity contribution in [1.29, 1.82) is 0 Å². The number of carbonyl (C=O) groups excluding carboxylic acids is 3. The summed E-state index contributed by atoms with van der Waals surface area (Å²) < 4.78 is 27.5. The Labute approximate surface area is 258 Å². The monoisotopic (exact) mass is 626 g/mol. The molecule has 0 aromatic heterocycles. The van der Waals surface area contributed by atoms with Gasteiger partial charge < -0.3 is 31.8 Å². The van der Waals surface area contributed by atoms with Gasteiger partial charge in [0, 0.05) is 50.9 Å². The lowest BCUT2D eigenvalue weighted by Gasteiger charge is -2.34. The maximum atomic E-state index is 13.9. The van der Waals surface area contributed by atoms with Crippen molar-refractivity contribution in [2.45, 2.75) is 43.4 Å². The molecule has 3 amide bonds. The second-order valence-corrected chi connectivity index (χ2v) is 13.6. The number of carbonyl (C=O) groups is 3. The van der Waals surface area contributed by atoms with Gasteiger partial charge in [-0.3, -0.25) is 14.4 Å². The zero-order valence-corrected chi connectivity index (χ0v) is 25.8. The quantitative estimate of drug-likeness (QED) is 0.0964. The molecular weight excluding hydrogens is 584 g/mol. The van der Waals surface area contributed by atoms with E-state index in [1.165, 1.54) is 12.1 Å². The van der Waals surface area contributed by atoms with Crippen LogP contribution in [0.5, 0.6) is 0 Å². The van der Waals surface area contributed by atoms with Gasteiger partial charge in [0.2, 0.25) is 17.7 Å². The lowest BCUT2D eigenvalue weighted by Crippen LogP contribution is -2.48. The van der Waals surface area contributed by atoms with E-state index in [0.717, 1.165) is 25.7 Å². The first-order valence-electron chi connectivity index (χ1n) is 15.0. The van der Waals surface area contributed by atoms with Crippen LogP contribution < -0.4 is 21.7 Å². The topological polar surface area (TPSA) is 183 Å². The fourth-order valence-electron chi connectivity index (χ4n) is 5.64. The van der Waals surface area contributed by atoms with E-state index in [4.69, 9.17) is 10.9 Å². The van der Waals surface area contributed by atoms with Gasteiger partial charge >= 0.3 is 0 Å². The molecule has 2 fully saturated rings. The summed E-state index contributed by atoms with van der Waals surface area (Å²) in [5, 5.41) is 20.6. The summed E-state index contributed by atoms with van der Waals surface area (Å²) in [5.74, 6) is -1.54. The molecule has 6 N–H and O–H groups in total. The number of amidine groups is 1. The van der Waals surface area contributed by atoms with Gasteiger partial charge in [0.05, 0.1) is 22.5 Å². The molecule has 2 aromatic rings. The molecule has 2 heterocycles. The molecule has 44 heavy (non-hydrogen) atoms. The standard InChI is InChI=1S/C31H42N6O6S/c1-33-28(38)10-3-5-21-11-13-37(14-12-21)31(40)24(16-22-6-2-7-23(15-22)29(32)36-41)20-44(42,43)27-9-4-8-26(17-27)35-30(39)25-18-34-19-25/h2,4,6-9,15,17,21,24-25,34,41H,3,5,10-14,16,18-20H2,1H3,(H2,32,36)(H,33,38)(H,35,39)/t24-/m1/s1. The van der Waals surface area contributed by atoms with E-state index >= 15 is 0 Å². The van der Waals surface area contributed by atoms with Crippen LogP contribution in [0, 0.1) is 17.8 Å². The summed E-state index contributed by atoms with van der Waals surface area (Å²) in [6.45, 7) is 2.19. The fourth-order valence-corrected chi connectivity index (χ4v) is 7.22. The molecular formula is C31H42N6O6S. The predicted molar refractivity (Wildman–Crippen MR) is 167 cm³/mol. The maximum absolute atomic E-state index is 13.9. The zero-order chi connectivity index (χ0) is 31.7. The third kappa shape index (κ3) is 8.79. The molecule has 1 atom stereocenters. The highest BCUT2D eigenvalue weighted by atomic mass is 32.2. The molecule has 2 aliphatic heterocycles. The minimum absolute atomic E-state index is 0.0151. The number of nitrogens with one attached hydrogen (secondary N) is 3. The van der Waals surface area contributed by atoms with Gasteiger partial charge in [-0.25, -0.2) is 8.42 Å². The largest absolute Gasteiger partial charge is 0.409 e. The van der Waals surface area contributed by atoms with E-state index in [9.17, 15) is 22.8 Å². The van der Waals surface area contributed by atoms with Crippen molar-refractivity contribution in [1.82, 2.24) is 15.5 Å². The smallest absolute Gasteiger partial charge is 0.230 e. The van der Waals surface area contributed by atoms with Crippen LogP contribution >= 0.6 is 0 Å². The average molecular weight is 627 g/mol. The van der Waals surface area contributed by atoms with Crippen LogP contribution in [-0.4, -0.2) is 81.1 Å². The first-order valence-corrected chi connectivity index (χ1v) is 16.7. The Morgan fingerprint density at radius 3 is 2.50 bits per heavy atom. The number of rotatable bonds is 13. The lowest BCUT2D eigenvalue weighted by molar-refractivity contribution is -0.136. The summed E-state index contributed by atoms with van der Waals surface area (Å²) >= 11 is 0. The third-order valence-electron chi connectivity index (χ3n) is 8.42. The molecule has 0 spiro atoms. The Hall–Kier alpha value is -3.97. The Morgan fingerprint density at radius 1 is 1.11 bits per heavy atom. The van der Waals surface area contributed by atoms with Gasteiger partial charge in [0.25, 0.3) is 0 Å². The van der Waals surface area contributed by atoms with Gasteiger partial charge in [-0.1, -0.05) is 29.4 Å². The van der Waals surface area contributed by atoms with E-state index < -0.39 is 21.5 Å².